The smallest absolute Gasteiger partial charge is 0.240 e. The summed E-state index contributed by atoms with van der Waals surface area (Å²) in [5.41, 5.74) is 2.23. The van der Waals surface area contributed by atoms with Crippen molar-refractivity contribution in [2.24, 2.45) is 7.05 Å². The molecule has 1 aliphatic rings. The number of benzene rings is 2. The molecule has 0 bridgehead atoms. The van der Waals surface area contributed by atoms with E-state index in [0.717, 1.165) is 18.2 Å². The number of carbonyl (C=O) groups excluding carboxylic acids is 1. The zero-order valence-corrected chi connectivity index (χ0v) is 31.0. The number of fused-ring (bicyclic) bond motifs is 1. The average Bonchev–Trinajstić information content (AvgIpc) is 3.71. The van der Waals surface area contributed by atoms with E-state index in [0.29, 0.717) is 39.9 Å². The van der Waals surface area contributed by atoms with Crippen molar-refractivity contribution in [2.45, 2.75) is 55.7 Å². The zero-order chi connectivity index (χ0) is 37.6. The molecule has 1 aliphatic carbocycles. The van der Waals surface area contributed by atoms with Crippen LogP contribution in [-0.2, 0) is 44.4 Å². The molecule has 2 atom stereocenters. The van der Waals surface area contributed by atoms with E-state index in [4.69, 9.17) is 16.6 Å². The van der Waals surface area contributed by atoms with E-state index in [9.17, 15) is 26.2 Å². The van der Waals surface area contributed by atoms with Crippen molar-refractivity contribution in [2.75, 3.05) is 11.0 Å². The molecule has 1 saturated carbocycles. The fraction of sp³-hybridized carbons (Fsp3) is 0.314. The summed E-state index contributed by atoms with van der Waals surface area (Å²) in [6.07, 6.45) is 5.24. The lowest BCUT2D eigenvalue weighted by molar-refractivity contribution is -0.122. The Labute approximate surface area is 305 Å². The number of amides is 1. The number of pyridine rings is 1. The highest BCUT2D eigenvalue weighted by Gasteiger charge is 2.45. The number of aromatic nitrogens is 6. The first-order valence-corrected chi connectivity index (χ1v) is 20.1. The molecule has 1 amide bonds. The lowest BCUT2D eigenvalue weighted by Crippen LogP contribution is -2.34. The summed E-state index contributed by atoms with van der Waals surface area (Å²) in [6.45, 7) is 2.93. The molecular formula is C35H35ClF2N8O4S2. The van der Waals surface area contributed by atoms with Crippen LogP contribution in [0.15, 0.2) is 55.1 Å². The summed E-state index contributed by atoms with van der Waals surface area (Å²) in [6, 6.07) is 8.78. The molecule has 272 valence electrons. The van der Waals surface area contributed by atoms with Gasteiger partial charge in [0.05, 0.1) is 32.9 Å². The van der Waals surface area contributed by atoms with E-state index < -0.39 is 53.1 Å². The molecule has 17 heteroatoms. The molecule has 0 saturated heterocycles. The predicted octanol–water partition coefficient (Wildman–Crippen LogP) is 4.64. The first-order chi connectivity index (χ1) is 24.4. The number of nitrogens with zero attached hydrogens (tertiary/aromatic N) is 6. The van der Waals surface area contributed by atoms with Crippen LogP contribution in [0, 0.1) is 23.5 Å². The molecule has 0 radical (unpaired) electrons. The maximum atomic E-state index is 14.5. The van der Waals surface area contributed by atoms with E-state index in [1.165, 1.54) is 23.5 Å². The number of aryl methyl sites for hydroxylation is 1. The molecule has 1 fully saturated rings. The summed E-state index contributed by atoms with van der Waals surface area (Å²) in [7, 11) is -4.62. The van der Waals surface area contributed by atoms with Gasteiger partial charge in [0.15, 0.2) is 15.7 Å². The van der Waals surface area contributed by atoms with Crippen LogP contribution in [-0.4, -0.2) is 70.2 Å². The van der Waals surface area contributed by atoms with Crippen LogP contribution in [0.4, 0.5) is 14.6 Å². The van der Waals surface area contributed by atoms with Gasteiger partial charge in [0, 0.05) is 40.2 Å². The summed E-state index contributed by atoms with van der Waals surface area (Å²) in [5, 5.41) is 15.3. The third-order valence-corrected chi connectivity index (χ3v) is 12.3. The van der Waals surface area contributed by atoms with Crippen molar-refractivity contribution in [3.8, 4) is 23.0 Å². The van der Waals surface area contributed by atoms with Crippen LogP contribution in [0.2, 0.25) is 5.02 Å². The van der Waals surface area contributed by atoms with Gasteiger partial charge in [-0.15, -0.1) is 10.2 Å². The number of halogens is 3. The van der Waals surface area contributed by atoms with Gasteiger partial charge in [-0.25, -0.2) is 26.4 Å². The lowest BCUT2D eigenvalue weighted by Gasteiger charge is -2.23. The number of carbonyl (C=O) groups is 1. The third kappa shape index (κ3) is 7.96. The van der Waals surface area contributed by atoms with E-state index in [-0.39, 0.29) is 35.7 Å². The molecular weight excluding hydrogens is 734 g/mol. The Balaban J connectivity index is 1.55. The predicted molar refractivity (Wildman–Crippen MR) is 198 cm³/mol. The van der Waals surface area contributed by atoms with Gasteiger partial charge in [-0.05, 0) is 80.8 Å². The van der Waals surface area contributed by atoms with Crippen LogP contribution in [0.5, 0.6) is 0 Å². The summed E-state index contributed by atoms with van der Waals surface area (Å²) in [4.78, 5) is 18.4. The van der Waals surface area contributed by atoms with Gasteiger partial charge in [-0.3, -0.25) is 14.2 Å². The fourth-order valence-electron chi connectivity index (χ4n) is 5.88. The van der Waals surface area contributed by atoms with Crippen LogP contribution < -0.4 is 10.0 Å². The Morgan fingerprint density at radius 3 is 2.37 bits per heavy atom. The van der Waals surface area contributed by atoms with Crippen LogP contribution in [0.1, 0.15) is 49.7 Å². The Kier molecular flexibility index (Phi) is 9.90. The van der Waals surface area contributed by atoms with Crippen molar-refractivity contribution in [3.63, 3.8) is 0 Å². The molecule has 3 heterocycles. The number of sulfone groups is 1. The van der Waals surface area contributed by atoms with Crippen LogP contribution in [0.25, 0.3) is 22.0 Å². The van der Waals surface area contributed by atoms with Gasteiger partial charge >= 0.3 is 0 Å². The van der Waals surface area contributed by atoms with E-state index in [2.05, 4.69) is 43.0 Å². The highest BCUT2D eigenvalue weighted by molar-refractivity contribution is 8.00. The molecule has 2 N–H and O–H groups in total. The summed E-state index contributed by atoms with van der Waals surface area (Å²) in [5.74, 6) is 7.63. The summed E-state index contributed by atoms with van der Waals surface area (Å²) >= 11 is 6.68. The van der Waals surface area contributed by atoms with Crippen LogP contribution >= 0.6 is 11.6 Å². The second kappa shape index (κ2) is 13.9. The third-order valence-electron chi connectivity index (χ3n) is 8.45. The van der Waals surface area contributed by atoms with Crippen molar-refractivity contribution >= 4 is 59.6 Å². The second-order valence-electron chi connectivity index (χ2n) is 13.3. The molecule has 12 nitrogen and oxygen atoms in total. The second-order valence-corrected chi connectivity index (χ2v) is 18.7. The number of hydrogen-bond donors (Lipinski definition) is 2. The Morgan fingerprint density at radius 2 is 1.73 bits per heavy atom. The minimum Gasteiger partial charge on any atom is -0.346 e. The zero-order valence-electron chi connectivity index (χ0n) is 28.7. The molecule has 52 heavy (non-hydrogen) atoms. The first kappa shape index (κ1) is 36.9. The molecule has 2 aromatic carbocycles. The van der Waals surface area contributed by atoms with Crippen molar-refractivity contribution in [1.82, 2.24) is 34.8 Å². The van der Waals surface area contributed by atoms with Gasteiger partial charge in [-0.2, -0.15) is 5.10 Å². The van der Waals surface area contributed by atoms with Gasteiger partial charge in [0.25, 0.3) is 0 Å². The molecule has 0 aliphatic heterocycles. The SMILES string of the molecule is C=S(C)(=O)Nc1nn(C)c2c(-c3ccc(C#CC(C)(C)S(=O)(=O)C4CC4)nc3[C@H](Cc3cc(F)cc(F)c3)NC(=O)Cn3cnnc3)ccc(Cl)c12. The maximum Gasteiger partial charge on any atom is 0.240 e. The molecule has 0 spiro atoms. The molecule has 1 unspecified atom stereocenters. The minimum atomic E-state index is -3.54. The van der Waals surface area contributed by atoms with E-state index >= 15 is 0 Å². The van der Waals surface area contributed by atoms with E-state index in [1.54, 1.807) is 49.8 Å². The van der Waals surface area contributed by atoms with Gasteiger partial charge in [-0.1, -0.05) is 23.6 Å². The quantitative estimate of drug-likeness (QED) is 0.146. The first-order valence-electron chi connectivity index (χ1n) is 16.0. The molecule has 6 rings (SSSR count). The van der Waals surface area contributed by atoms with Crippen molar-refractivity contribution in [3.05, 3.63) is 88.7 Å². The van der Waals surface area contributed by atoms with Gasteiger partial charge < -0.3 is 9.88 Å². The highest BCUT2D eigenvalue weighted by Crippen LogP contribution is 2.40. The normalized spacial score (nSPS) is 15.1. The van der Waals surface area contributed by atoms with Gasteiger partial charge in [0.1, 0.15) is 41.3 Å². The number of nitrogens with one attached hydrogen (secondary N) is 2. The average molecular weight is 769 g/mol. The lowest BCUT2D eigenvalue weighted by atomic mass is 9.93. The fourth-order valence-corrected chi connectivity index (χ4v) is 8.46. The number of rotatable bonds is 11. The largest absolute Gasteiger partial charge is 0.346 e. The Hall–Kier alpha value is -4.85. The van der Waals surface area contributed by atoms with Crippen molar-refractivity contribution in [1.29, 1.82) is 0 Å². The van der Waals surface area contributed by atoms with Gasteiger partial charge in [0.2, 0.25) is 5.91 Å². The van der Waals surface area contributed by atoms with Crippen LogP contribution in [0.3, 0.4) is 0 Å². The van der Waals surface area contributed by atoms with Crippen molar-refractivity contribution < 1.29 is 26.2 Å². The molecule has 5 aromatic rings. The molecule has 3 aromatic heterocycles. The standard InChI is InChI=1S/C35H35ClF2N8O4S2/c1-35(2,52(49,50)25-7-8-25)13-12-24-6-9-26(27-10-11-28(36)31-33(27)45(3)43-34(31)44-51(4,5)48)32(41-24)29(16-21-14-22(37)17-23(38)15-21)42-30(47)18-46-19-39-40-20-46/h6,9-11,14-15,17,19-20,25,29H,4,7-8,16,18H2,1-3,5H3,(H,42,47)(H,43,44,48)/t29-,51?/m0/s1. The monoisotopic (exact) mass is 768 g/mol. The Morgan fingerprint density at radius 1 is 1.08 bits per heavy atom. The highest BCUT2D eigenvalue weighted by atomic mass is 35.5. The van der Waals surface area contributed by atoms with E-state index in [1.807, 2.05) is 0 Å². The Bertz CT molecular complexity index is 2470. The maximum absolute atomic E-state index is 14.5. The topological polar surface area (TPSA) is 154 Å². The number of anilines is 1. The number of hydrogen-bond acceptors (Lipinski definition) is 8. The minimum absolute atomic E-state index is 0.102. The summed E-state index contributed by atoms with van der Waals surface area (Å²) < 4.78 is 72.3.